The summed E-state index contributed by atoms with van der Waals surface area (Å²) in [5.41, 5.74) is 1.52. The molecule has 0 aliphatic heterocycles. The van der Waals surface area contributed by atoms with Gasteiger partial charge in [0.25, 0.3) is 0 Å². The third kappa shape index (κ3) is 1.95. The van der Waals surface area contributed by atoms with E-state index in [9.17, 15) is 4.39 Å². The van der Waals surface area contributed by atoms with Gasteiger partial charge in [-0.3, -0.25) is 0 Å². The summed E-state index contributed by atoms with van der Waals surface area (Å²) >= 11 is 0. The van der Waals surface area contributed by atoms with Crippen LogP contribution in [0, 0.1) is 11.7 Å². The number of nitrogens with zero attached hydrogens (tertiary/aromatic N) is 3. The number of nitrogens with one attached hydrogen (secondary N) is 1. The van der Waals surface area contributed by atoms with Crippen LogP contribution in [0.15, 0.2) is 24.5 Å². The van der Waals surface area contributed by atoms with E-state index < -0.39 is 0 Å². The molecule has 0 spiro atoms. The monoisotopic (exact) mass is 284 g/mol. The first-order valence-electron chi connectivity index (χ1n) is 7.30. The van der Waals surface area contributed by atoms with E-state index in [0.717, 1.165) is 33.7 Å². The van der Waals surface area contributed by atoms with Crippen LogP contribution in [0.25, 0.3) is 21.9 Å². The molecule has 1 saturated carbocycles. The van der Waals surface area contributed by atoms with Crippen molar-refractivity contribution >= 4 is 27.8 Å². The number of aromatic amines is 1. The second-order valence-corrected chi connectivity index (χ2v) is 5.92. The topological polar surface area (TPSA) is 44.8 Å². The Labute approximate surface area is 122 Å². The summed E-state index contributed by atoms with van der Waals surface area (Å²) in [4.78, 5) is 14.2. The lowest BCUT2D eigenvalue weighted by Gasteiger charge is -2.26. The van der Waals surface area contributed by atoms with E-state index in [2.05, 4.69) is 33.8 Å². The van der Waals surface area contributed by atoms with Crippen LogP contribution >= 0.6 is 0 Å². The minimum absolute atomic E-state index is 0.247. The molecule has 21 heavy (non-hydrogen) atoms. The van der Waals surface area contributed by atoms with Crippen molar-refractivity contribution in [2.24, 2.45) is 5.92 Å². The van der Waals surface area contributed by atoms with E-state index >= 15 is 0 Å². The van der Waals surface area contributed by atoms with Gasteiger partial charge in [-0.05, 0) is 43.9 Å². The molecule has 1 aliphatic rings. The number of benzene rings is 1. The number of fused-ring (bicyclic) bond motifs is 3. The van der Waals surface area contributed by atoms with Crippen molar-refractivity contribution in [3.05, 3.63) is 30.3 Å². The highest BCUT2D eigenvalue weighted by Gasteiger charge is 2.32. The molecular weight excluding hydrogens is 267 g/mol. The van der Waals surface area contributed by atoms with Crippen LogP contribution in [0.4, 0.5) is 10.2 Å². The van der Waals surface area contributed by atoms with Gasteiger partial charge in [-0.25, -0.2) is 14.4 Å². The van der Waals surface area contributed by atoms with Gasteiger partial charge < -0.3 is 9.88 Å². The third-order valence-corrected chi connectivity index (χ3v) is 4.58. The van der Waals surface area contributed by atoms with Crippen molar-refractivity contribution in [1.29, 1.82) is 0 Å². The van der Waals surface area contributed by atoms with Crippen molar-refractivity contribution in [2.45, 2.75) is 25.8 Å². The summed E-state index contributed by atoms with van der Waals surface area (Å²) in [5, 5.41) is 1.94. The summed E-state index contributed by atoms with van der Waals surface area (Å²) in [6.07, 6.45) is 4.15. The Kier molecular flexibility index (Phi) is 2.64. The molecule has 3 aromatic rings. The van der Waals surface area contributed by atoms with E-state index in [-0.39, 0.29) is 5.82 Å². The Morgan fingerprint density at radius 2 is 2.14 bits per heavy atom. The van der Waals surface area contributed by atoms with Gasteiger partial charge in [0.1, 0.15) is 23.6 Å². The third-order valence-electron chi connectivity index (χ3n) is 4.58. The van der Waals surface area contributed by atoms with Gasteiger partial charge in [0.2, 0.25) is 0 Å². The van der Waals surface area contributed by atoms with Gasteiger partial charge in [-0.2, -0.15) is 0 Å². The summed E-state index contributed by atoms with van der Waals surface area (Å²) in [7, 11) is 2.08. The van der Waals surface area contributed by atoms with E-state index in [1.165, 1.54) is 25.0 Å². The maximum Gasteiger partial charge on any atom is 0.143 e. The summed E-state index contributed by atoms with van der Waals surface area (Å²) < 4.78 is 13.4. The fourth-order valence-corrected chi connectivity index (χ4v) is 3.04. The second-order valence-electron chi connectivity index (χ2n) is 5.92. The first-order chi connectivity index (χ1) is 10.1. The van der Waals surface area contributed by atoms with Gasteiger partial charge in [0, 0.05) is 18.5 Å². The van der Waals surface area contributed by atoms with Gasteiger partial charge in [-0.15, -0.1) is 0 Å². The molecule has 0 radical (unpaired) electrons. The Morgan fingerprint density at radius 1 is 1.33 bits per heavy atom. The molecule has 1 aliphatic carbocycles. The molecule has 4 nitrogen and oxygen atoms in total. The predicted octanol–water partition coefficient (Wildman–Crippen LogP) is 3.48. The Bertz CT molecular complexity index is 822. The van der Waals surface area contributed by atoms with E-state index in [0.29, 0.717) is 6.04 Å². The minimum atomic E-state index is -0.247. The van der Waals surface area contributed by atoms with Gasteiger partial charge in [0.15, 0.2) is 0 Å². The normalized spacial score (nSPS) is 16.5. The van der Waals surface area contributed by atoms with Crippen molar-refractivity contribution < 1.29 is 4.39 Å². The average Bonchev–Trinajstić information content (AvgIpc) is 3.26. The van der Waals surface area contributed by atoms with Crippen LogP contribution in [0.3, 0.4) is 0 Å². The Hall–Kier alpha value is -2.17. The molecule has 1 aromatic carbocycles. The molecule has 108 valence electrons. The van der Waals surface area contributed by atoms with E-state index in [1.54, 1.807) is 12.4 Å². The molecule has 0 amide bonds. The smallest absolute Gasteiger partial charge is 0.143 e. The zero-order chi connectivity index (χ0) is 14.6. The van der Waals surface area contributed by atoms with Crippen molar-refractivity contribution in [3.63, 3.8) is 0 Å². The van der Waals surface area contributed by atoms with Crippen LogP contribution in [0.5, 0.6) is 0 Å². The number of rotatable bonds is 3. The zero-order valence-electron chi connectivity index (χ0n) is 12.1. The number of aromatic nitrogens is 3. The van der Waals surface area contributed by atoms with Crippen molar-refractivity contribution in [3.8, 4) is 0 Å². The van der Waals surface area contributed by atoms with Gasteiger partial charge >= 0.3 is 0 Å². The first-order valence-corrected chi connectivity index (χ1v) is 7.30. The molecule has 2 aromatic heterocycles. The highest BCUT2D eigenvalue weighted by molar-refractivity contribution is 6.11. The van der Waals surface area contributed by atoms with Crippen molar-refractivity contribution in [1.82, 2.24) is 15.0 Å². The largest absolute Gasteiger partial charge is 0.356 e. The lowest BCUT2D eigenvalue weighted by Crippen LogP contribution is -2.31. The summed E-state index contributed by atoms with van der Waals surface area (Å²) in [5.74, 6) is 1.42. The maximum atomic E-state index is 13.4. The lowest BCUT2D eigenvalue weighted by atomic mass is 10.1. The van der Waals surface area contributed by atoms with Gasteiger partial charge in [-0.1, -0.05) is 0 Å². The van der Waals surface area contributed by atoms with Gasteiger partial charge in [0.05, 0.1) is 10.9 Å². The summed E-state index contributed by atoms with van der Waals surface area (Å²) in [6, 6.07) is 5.24. The molecule has 1 atom stereocenters. The average molecular weight is 284 g/mol. The summed E-state index contributed by atoms with van der Waals surface area (Å²) in [6.45, 7) is 2.24. The Morgan fingerprint density at radius 3 is 2.90 bits per heavy atom. The quantitative estimate of drug-likeness (QED) is 0.800. The van der Waals surface area contributed by atoms with Crippen LogP contribution in [-0.4, -0.2) is 28.0 Å². The van der Waals surface area contributed by atoms with E-state index in [1.807, 2.05) is 0 Å². The number of H-pyrrole nitrogens is 1. The molecule has 2 heterocycles. The Balaban J connectivity index is 1.93. The molecular formula is C16H17FN4. The molecule has 5 heteroatoms. The number of anilines is 1. The van der Waals surface area contributed by atoms with Crippen LogP contribution in [0.1, 0.15) is 19.8 Å². The van der Waals surface area contributed by atoms with Crippen LogP contribution in [0.2, 0.25) is 0 Å². The fraction of sp³-hybridized carbons (Fsp3) is 0.375. The maximum absolute atomic E-state index is 13.4. The first kappa shape index (κ1) is 12.6. The predicted molar refractivity (Wildman–Crippen MR) is 81.9 cm³/mol. The molecule has 1 unspecified atom stereocenters. The lowest BCUT2D eigenvalue weighted by molar-refractivity contribution is 0.605. The SMILES string of the molecule is CC(C1CC1)N(C)c1ncnc2[nH]c3cc(F)ccc3c12. The fourth-order valence-electron chi connectivity index (χ4n) is 3.04. The highest BCUT2D eigenvalue weighted by atomic mass is 19.1. The minimum Gasteiger partial charge on any atom is -0.356 e. The van der Waals surface area contributed by atoms with E-state index in [4.69, 9.17) is 0 Å². The molecule has 1 fully saturated rings. The second kappa shape index (κ2) is 4.41. The van der Waals surface area contributed by atoms with Crippen LogP contribution < -0.4 is 4.90 Å². The van der Waals surface area contributed by atoms with Crippen molar-refractivity contribution in [2.75, 3.05) is 11.9 Å². The molecule has 4 rings (SSSR count). The molecule has 0 saturated heterocycles. The van der Waals surface area contributed by atoms with Crippen LogP contribution in [-0.2, 0) is 0 Å². The molecule has 0 bridgehead atoms. The highest BCUT2D eigenvalue weighted by Crippen LogP contribution is 2.38. The number of halogens is 1. The molecule has 1 N–H and O–H groups in total. The standard InChI is InChI=1S/C16H17FN4/c1-9(10-3-4-10)21(2)16-14-12-6-5-11(17)7-13(12)20-15(14)18-8-19-16/h5-10H,3-4H2,1-2H3,(H,18,19,20). The number of hydrogen-bond donors (Lipinski definition) is 1. The number of hydrogen-bond acceptors (Lipinski definition) is 3. The zero-order valence-corrected chi connectivity index (χ0v) is 12.1.